The Kier molecular flexibility index (Phi) is 6.65. The number of nitrogens with zero attached hydrogens (tertiary/aromatic N) is 2. The summed E-state index contributed by atoms with van der Waals surface area (Å²) in [6, 6.07) is 14.5. The Morgan fingerprint density at radius 2 is 1.74 bits per heavy atom. The van der Waals surface area contributed by atoms with E-state index in [1.54, 1.807) is 28.6 Å². The van der Waals surface area contributed by atoms with Crippen molar-refractivity contribution in [2.24, 2.45) is 0 Å². The Hall–Kier alpha value is -2.35. The average Bonchev–Trinajstić information content (AvgIpc) is 3.20. The van der Waals surface area contributed by atoms with E-state index in [0.29, 0.717) is 42.5 Å². The number of fused-ring (bicyclic) bond motifs is 1. The van der Waals surface area contributed by atoms with Crippen molar-refractivity contribution >= 4 is 38.4 Å². The third-order valence-electron chi connectivity index (χ3n) is 5.68. The maximum absolute atomic E-state index is 12.9. The van der Waals surface area contributed by atoms with Gasteiger partial charge in [-0.15, -0.1) is 0 Å². The highest BCUT2D eigenvalue weighted by Crippen LogP contribution is 2.25. The summed E-state index contributed by atoms with van der Waals surface area (Å²) in [6.07, 6.45) is 5.15. The Morgan fingerprint density at radius 1 is 1.00 bits per heavy atom. The summed E-state index contributed by atoms with van der Waals surface area (Å²) in [7, 11) is -3.45. The van der Waals surface area contributed by atoms with E-state index >= 15 is 0 Å². The first-order valence-corrected chi connectivity index (χ1v) is 12.4. The lowest BCUT2D eigenvalue weighted by Gasteiger charge is -2.25. The normalized spacial score (nSPS) is 15.3. The molecule has 1 aliphatic rings. The van der Waals surface area contributed by atoms with Crippen LogP contribution in [0.4, 0.5) is 0 Å². The molecule has 0 radical (unpaired) electrons. The fourth-order valence-electron chi connectivity index (χ4n) is 3.90. The molecule has 0 bridgehead atoms. The number of hydrogen-bond acceptors (Lipinski definition) is 3. The van der Waals surface area contributed by atoms with Gasteiger partial charge in [0.1, 0.15) is 0 Å². The van der Waals surface area contributed by atoms with Crippen molar-refractivity contribution in [3.8, 4) is 0 Å². The molecule has 1 fully saturated rings. The van der Waals surface area contributed by atoms with Crippen molar-refractivity contribution < 1.29 is 13.2 Å². The number of carbonyl (C=O) groups is 1. The molecular weight excluding hydrogens is 434 g/mol. The predicted octanol–water partition coefficient (Wildman–Crippen LogP) is 4.18. The van der Waals surface area contributed by atoms with E-state index in [-0.39, 0.29) is 5.91 Å². The van der Waals surface area contributed by atoms with E-state index in [1.807, 2.05) is 35.0 Å². The number of aryl methyl sites for hydroxylation is 1. The van der Waals surface area contributed by atoms with Crippen LogP contribution in [0, 0.1) is 0 Å². The standard InChI is InChI=1S/C23H26ClN3O3S/c24-20-6-4-18(5-7-20)17-25-23(28)11-15-26-14-10-19-16-21(8-9-22(19)26)31(29,30)27-12-2-1-3-13-27/h4-10,14,16H,1-3,11-13,15,17H2,(H,25,28). The van der Waals surface area contributed by atoms with E-state index in [9.17, 15) is 13.2 Å². The number of aromatic nitrogens is 1. The number of nitrogens with one attached hydrogen (secondary N) is 1. The molecule has 0 atom stereocenters. The Bertz CT molecular complexity index is 1170. The van der Waals surface area contributed by atoms with Crippen LogP contribution in [0.15, 0.2) is 59.6 Å². The lowest BCUT2D eigenvalue weighted by Crippen LogP contribution is -2.35. The second-order valence-corrected chi connectivity index (χ2v) is 10.2. The highest BCUT2D eigenvalue weighted by molar-refractivity contribution is 7.89. The van der Waals surface area contributed by atoms with Crippen molar-refractivity contribution in [3.05, 3.63) is 65.3 Å². The van der Waals surface area contributed by atoms with Crippen LogP contribution in [-0.2, 0) is 27.9 Å². The van der Waals surface area contributed by atoms with Gasteiger partial charge >= 0.3 is 0 Å². The number of rotatable bonds is 7. The van der Waals surface area contributed by atoms with E-state index in [0.717, 1.165) is 35.7 Å². The van der Waals surface area contributed by atoms with Crippen LogP contribution in [-0.4, -0.2) is 36.3 Å². The molecule has 4 rings (SSSR count). The van der Waals surface area contributed by atoms with E-state index < -0.39 is 10.0 Å². The maximum Gasteiger partial charge on any atom is 0.243 e. The van der Waals surface area contributed by atoms with Crippen LogP contribution in [0.3, 0.4) is 0 Å². The van der Waals surface area contributed by atoms with Gasteiger partial charge in [0.05, 0.1) is 4.90 Å². The second-order valence-electron chi connectivity index (χ2n) is 7.85. The van der Waals surface area contributed by atoms with Gasteiger partial charge in [-0.2, -0.15) is 4.31 Å². The lowest BCUT2D eigenvalue weighted by atomic mass is 10.2. The molecule has 1 N–H and O–H groups in total. The molecule has 1 amide bonds. The summed E-state index contributed by atoms with van der Waals surface area (Å²) in [4.78, 5) is 12.6. The van der Waals surface area contributed by atoms with Crippen LogP contribution in [0.25, 0.3) is 10.9 Å². The molecule has 1 aliphatic heterocycles. The number of carbonyl (C=O) groups excluding carboxylic acids is 1. The zero-order valence-corrected chi connectivity index (χ0v) is 18.8. The van der Waals surface area contributed by atoms with Gasteiger partial charge < -0.3 is 9.88 Å². The van der Waals surface area contributed by atoms with Crippen LogP contribution < -0.4 is 5.32 Å². The maximum atomic E-state index is 12.9. The largest absolute Gasteiger partial charge is 0.352 e. The summed E-state index contributed by atoms with van der Waals surface area (Å²) in [5.41, 5.74) is 1.91. The monoisotopic (exact) mass is 459 g/mol. The number of amides is 1. The Balaban J connectivity index is 1.39. The van der Waals surface area contributed by atoms with Crippen LogP contribution >= 0.6 is 11.6 Å². The smallest absolute Gasteiger partial charge is 0.243 e. The minimum atomic E-state index is -3.45. The molecule has 3 aromatic rings. The third-order valence-corrected chi connectivity index (χ3v) is 7.82. The molecule has 0 spiro atoms. The highest BCUT2D eigenvalue weighted by Gasteiger charge is 2.26. The molecule has 0 unspecified atom stereocenters. The zero-order valence-electron chi connectivity index (χ0n) is 17.3. The van der Waals surface area contributed by atoms with Gasteiger partial charge in [-0.25, -0.2) is 8.42 Å². The first kappa shape index (κ1) is 21.9. The van der Waals surface area contributed by atoms with Gasteiger partial charge in [-0.05, 0) is 54.8 Å². The average molecular weight is 460 g/mol. The van der Waals surface area contributed by atoms with Crippen LogP contribution in [0.2, 0.25) is 5.02 Å². The quantitative estimate of drug-likeness (QED) is 0.576. The summed E-state index contributed by atoms with van der Waals surface area (Å²) in [5, 5.41) is 4.44. The lowest BCUT2D eigenvalue weighted by molar-refractivity contribution is -0.121. The molecule has 8 heteroatoms. The molecule has 31 heavy (non-hydrogen) atoms. The number of hydrogen-bond donors (Lipinski definition) is 1. The van der Waals surface area contributed by atoms with Crippen molar-refractivity contribution in [2.75, 3.05) is 13.1 Å². The second kappa shape index (κ2) is 9.42. The van der Waals surface area contributed by atoms with Crippen molar-refractivity contribution in [1.82, 2.24) is 14.2 Å². The van der Waals surface area contributed by atoms with Gasteiger partial charge in [0.25, 0.3) is 0 Å². The summed E-state index contributed by atoms with van der Waals surface area (Å²) < 4.78 is 29.4. The molecule has 2 heterocycles. The topological polar surface area (TPSA) is 71.4 Å². The molecule has 0 saturated carbocycles. The summed E-state index contributed by atoms with van der Waals surface area (Å²) in [5.74, 6) is -0.0407. The molecule has 6 nitrogen and oxygen atoms in total. The number of benzene rings is 2. The SMILES string of the molecule is O=C(CCn1ccc2cc(S(=O)(=O)N3CCCCC3)ccc21)NCc1ccc(Cl)cc1. The van der Waals surface area contributed by atoms with Crippen molar-refractivity contribution in [2.45, 2.75) is 43.7 Å². The number of piperidine rings is 1. The fourth-order valence-corrected chi connectivity index (χ4v) is 5.58. The van der Waals surface area contributed by atoms with Gasteiger partial charge in [0.15, 0.2) is 0 Å². The van der Waals surface area contributed by atoms with Gasteiger partial charge in [-0.1, -0.05) is 30.2 Å². The Labute approximate surface area is 187 Å². The van der Waals surface area contributed by atoms with Crippen molar-refractivity contribution in [1.29, 1.82) is 0 Å². The molecular formula is C23H26ClN3O3S. The van der Waals surface area contributed by atoms with Crippen LogP contribution in [0.5, 0.6) is 0 Å². The minimum Gasteiger partial charge on any atom is -0.352 e. The molecule has 0 aliphatic carbocycles. The van der Waals surface area contributed by atoms with Gasteiger partial charge in [-0.3, -0.25) is 4.79 Å². The number of halogens is 1. The van der Waals surface area contributed by atoms with Crippen LogP contribution in [0.1, 0.15) is 31.2 Å². The van der Waals surface area contributed by atoms with E-state index in [2.05, 4.69) is 5.32 Å². The molecule has 1 saturated heterocycles. The molecule has 2 aromatic carbocycles. The number of sulfonamides is 1. The first-order valence-electron chi connectivity index (χ1n) is 10.5. The Morgan fingerprint density at radius 3 is 2.48 bits per heavy atom. The summed E-state index contributed by atoms with van der Waals surface area (Å²) >= 11 is 5.88. The summed E-state index contributed by atoms with van der Waals surface area (Å²) in [6.45, 7) is 2.16. The molecule has 1 aromatic heterocycles. The predicted molar refractivity (Wildman–Crippen MR) is 122 cm³/mol. The van der Waals surface area contributed by atoms with Gasteiger partial charge in [0.2, 0.25) is 15.9 Å². The zero-order chi connectivity index (χ0) is 21.8. The minimum absolute atomic E-state index is 0.0407. The first-order chi connectivity index (χ1) is 14.9. The third kappa shape index (κ3) is 5.11. The van der Waals surface area contributed by atoms with Gasteiger partial charge in [0, 0.05) is 54.7 Å². The highest BCUT2D eigenvalue weighted by atomic mass is 35.5. The van der Waals surface area contributed by atoms with Crippen molar-refractivity contribution in [3.63, 3.8) is 0 Å². The fraction of sp³-hybridized carbons (Fsp3) is 0.348. The van der Waals surface area contributed by atoms with E-state index in [4.69, 9.17) is 11.6 Å². The van der Waals surface area contributed by atoms with E-state index in [1.165, 1.54) is 0 Å². The molecule has 164 valence electrons.